The fourth-order valence-electron chi connectivity index (χ4n) is 1.99. The van der Waals surface area contributed by atoms with Crippen LogP contribution in [-0.4, -0.2) is 19.0 Å². The molecule has 1 aromatic rings. The Hall–Kier alpha value is -0.870. The van der Waals surface area contributed by atoms with Crippen LogP contribution in [0.4, 0.5) is 0 Å². The van der Waals surface area contributed by atoms with Crippen LogP contribution in [0.5, 0.6) is 0 Å². The van der Waals surface area contributed by atoms with Crippen molar-refractivity contribution in [3.8, 4) is 0 Å². The van der Waals surface area contributed by atoms with Gasteiger partial charge in [0, 0.05) is 13.0 Å². The van der Waals surface area contributed by atoms with Crippen LogP contribution in [0.1, 0.15) is 38.2 Å². The van der Waals surface area contributed by atoms with Crippen LogP contribution in [-0.2, 0) is 11.2 Å². The molecule has 0 saturated heterocycles. The summed E-state index contributed by atoms with van der Waals surface area (Å²) in [5, 5.41) is 7.17. The minimum Gasteiger partial charge on any atom is -0.356 e. The van der Waals surface area contributed by atoms with E-state index in [-0.39, 0.29) is 5.91 Å². The Balaban J connectivity index is 2.09. The lowest BCUT2D eigenvalue weighted by molar-refractivity contribution is -0.121. The molecule has 18 heavy (non-hydrogen) atoms. The van der Waals surface area contributed by atoms with Crippen molar-refractivity contribution in [3.05, 3.63) is 22.4 Å². The summed E-state index contributed by atoms with van der Waals surface area (Å²) >= 11 is 1.70. The van der Waals surface area contributed by atoms with Crippen molar-refractivity contribution in [3.63, 3.8) is 0 Å². The first-order valence-corrected chi connectivity index (χ1v) is 7.68. The van der Waals surface area contributed by atoms with Crippen LogP contribution >= 0.6 is 11.3 Å². The Labute approximate surface area is 114 Å². The maximum absolute atomic E-state index is 11.7. The van der Waals surface area contributed by atoms with E-state index in [0.29, 0.717) is 12.3 Å². The third kappa shape index (κ3) is 6.17. The van der Waals surface area contributed by atoms with Crippen LogP contribution in [0, 0.1) is 5.92 Å². The zero-order chi connectivity index (χ0) is 13.2. The Kier molecular flexibility index (Phi) is 7.69. The van der Waals surface area contributed by atoms with Gasteiger partial charge in [-0.15, -0.1) is 0 Å². The number of amides is 1. The van der Waals surface area contributed by atoms with Gasteiger partial charge in [-0.3, -0.25) is 4.79 Å². The molecule has 1 rings (SSSR count). The predicted octanol–water partition coefficient (Wildman–Crippen LogP) is 2.56. The molecule has 1 atom stereocenters. The van der Waals surface area contributed by atoms with Crippen LogP contribution in [0.25, 0.3) is 0 Å². The Morgan fingerprint density at radius 3 is 2.94 bits per heavy atom. The molecule has 0 spiro atoms. The van der Waals surface area contributed by atoms with Gasteiger partial charge in [0.15, 0.2) is 0 Å². The van der Waals surface area contributed by atoms with E-state index in [0.717, 1.165) is 38.8 Å². The smallest absolute Gasteiger partial charge is 0.220 e. The summed E-state index contributed by atoms with van der Waals surface area (Å²) in [5.74, 6) is 0.762. The Bertz CT molecular complexity index is 325. The fourth-order valence-corrected chi connectivity index (χ4v) is 2.70. The van der Waals surface area contributed by atoms with Crippen LogP contribution in [0.15, 0.2) is 16.8 Å². The SMILES string of the molecule is CCC(CCN)CCC(=O)NCCc1ccsc1. The number of hydrogen-bond acceptors (Lipinski definition) is 3. The average Bonchev–Trinajstić information content (AvgIpc) is 2.87. The summed E-state index contributed by atoms with van der Waals surface area (Å²) in [6.07, 6.45) is 4.65. The zero-order valence-corrected chi connectivity index (χ0v) is 12.0. The van der Waals surface area contributed by atoms with E-state index in [1.165, 1.54) is 5.56 Å². The van der Waals surface area contributed by atoms with Crippen molar-refractivity contribution in [1.29, 1.82) is 0 Å². The lowest BCUT2D eigenvalue weighted by Gasteiger charge is -2.13. The third-order valence-corrected chi connectivity index (χ3v) is 3.98. The topological polar surface area (TPSA) is 55.1 Å². The number of nitrogens with two attached hydrogens (primary N) is 1. The molecule has 0 aliphatic carbocycles. The number of nitrogens with one attached hydrogen (secondary N) is 1. The Morgan fingerprint density at radius 2 is 2.33 bits per heavy atom. The predicted molar refractivity (Wildman–Crippen MR) is 77.7 cm³/mol. The molecular weight excluding hydrogens is 244 g/mol. The number of hydrogen-bond donors (Lipinski definition) is 2. The number of carbonyl (C=O) groups excluding carboxylic acids is 1. The third-order valence-electron chi connectivity index (χ3n) is 3.25. The van der Waals surface area contributed by atoms with Crippen molar-refractivity contribution in [2.45, 2.75) is 39.0 Å². The molecular formula is C14H24N2OS. The molecule has 0 saturated carbocycles. The first kappa shape index (κ1) is 15.2. The van der Waals surface area contributed by atoms with E-state index in [1.54, 1.807) is 11.3 Å². The van der Waals surface area contributed by atoms with Gasteiger partial charge in [0.25, 0.3) is 0 Å². The minimum atomic E-state index is 0.167. The molecule has 0 aliphatic rings. The van der Waals surface area contributed by atoms with Gasteiger partial charge in [0.1, 0.15) is 0 Å². The van der Waals surface area contributed by atoms with Crippen LogP contribution in [0.2, 0.25) is 0 Å². The second kappa shape index (κ2) is 9.11. The van der Waals surface area contributed by atoms with Crippen molar-refractivity contribution in [2.24, 2.45) is 11.7 Å². The molecule has 1 aromatic heterocycles. The van der Waals surface area contributed by atoms with Gasteiger partial charge in [0.05, 0.1) is 0 Å². The molecule has 3 nitrogen and oxygen atoms in total. The molecule has 1 unspecified atom stereocenters. The van der Waals surface area contributed by atoms with Gasteiger partial charge in [0.2, 0.25) is 5.91 Å². The lowest BCUT2D eigenvalue weighted by Crippen LogP contribution is -2.26. The monoisotopic (exact) mass is 268 g/mol. The molecule has 0 aromatic carbocycles. The molecule has 0 bridgehead atoms. The van der Waals surface area contributed by atoms with Gasteiger partial charge in [-0.1, -0.05) is 13.3 Å². The first-order chi connectivity index (χ1) is 8.76. The number of thiophene rings is 1. The van der Waals surface area contributed by atoms with Gasteiger partial charge in [-0.05, 0) is 54.1 Å². The van der Waals surface area contributed by atoms with E-state index >= 15 is 0 Å². The van der Waals surface area contributed by atoms with Crippen LogP contribution < -0.4 is 11.1 Å². The molecule has 3 N–H and O–H groups in total. The van der Waals surface area contributed by atoms with Crippen molar-refractivity contribution in [1.82, 2.24) is 5.32 Å². The summed E-state index contributed by atoms with van der Waals surface area (Å²) < 4.78 is 0. The van der Waals surface area contributed by atoms with Crippen molar-refractivity contribution in [2.75, 3.05) is 13.1 Å². The van der Waals surface area contributed by atoms with Crippen molar-refractivity contribution >= 4 is 17.2 Å². The van der Waals surface area contributed by atoms with E-state index in [2.05, 4.69) is 29.1 Å². The summed E-state index contributed by atoms with van der Waals surface area (Å²) in [5.41, 5.74) is 6.85. The quantitative estimate of drug-likeness (QED) is 0.723. The molecule has 0 radical (unpaired) electrons. The average molecular weight is 268 g/mol. The highest BCUT2D eigenvalue weighted by atomic mass is 32.1. The molecule has 0 fully saturated rings. The van der Waals surface area contributed by atoms with E-state index in [1.807, 2.05) is 0 Å². The molecule has 102 valence electrons. The van der Waals surface area contributed by atoms with Gasteiger partial charge < -0.3 is 11.1 Å². The Morgan fingerprint density at radius 1 is 1.50 bits per heavy atom. The highest BCUT2D eigenvalue weighted by molar-refractivity contribution is 7.07. The molecule has 0 aliphatic heterocycles. The van der Waals surface area contributed by atoms with Gasteiger partial charge in [-0.25, -0.2) is 0 Å². The second-order valence-electron chi connectivity index (χ2n) is 4.62. The maximum atomic E-state index is 11.7. The van der Waals surface area contributed by atoms with E-state index in [4.69, 9.17) is 5.73 Å². The molecule has 1 heterocycles. The van der Waals surface area contributed by atoms with E-state index in [9.17, 15) is 4.79 Å². The zero-order valence-electron chi connectivity index (χ0n) is 11.2. The van der Waals surface area contributed by atoms with Crippen LogP contribution in [0.3, 0.4) is 0 Å². The second-order valence-corrected chi connectivity index (χ2v) is 5.40. The maximum Gasteiger partial charge on any atom is 0.220 e. The molecule has 4 heteroatoms. The van der Waals surface area contributed by atoms with Crippen molar-refractivity contribution < 1.29 is 4.79 Å². The lowest BCUT2D eigenvalue weighted by atomic mass is 9.96. The first-order valence-electron chi connectivity index (χ1n) is 6.74. The minimum absolute atomic E-state index is 0.167. The fraction of sp³-hybridized carbons (Fsp3) is 0.643. The van der Waals surface area contributed by atoms with E-state index < -0.39 is 0 Å². The summed E-state index contributed by atoms with van der Waals surface area (Å²) in [6, 6.07) is 2.10. The summed E-state index contributed by atoms with van der Waals surface area (Å²) in [4.78, 5) is 11.7. The number of carbonyl (C=O) groups is 1. The standard InChI is InChI=1S/C14H24N2OS/c1-2-12(5-8-15)3-4-14(17)16-9-6-13-7-10-18-11-13/h7,10-12H,2-6,8-9,15H2,1H3,(H,16,17). The summed E-state index contributed by atoms with van der Waals surface area (Å²) in [6.45, 7) is 3.62. The highest BCUT2D eigenvalue weighted by Crippen LogP contribution is 2.14. The normalized spacial score (nSPS) is 12.3. The number of rotatable bonds is 9. The van der Waals surface area contributed by atoms with Gasteiger partial charge >= 0.3 is 0 Å². The highest BCUT2D eigenvalue weighted by Gasteiger charge is 2.08. The summed E-state index contributed by atoms with van der Waals surface area (Å²) in [7, 11) is 0. The van der Waals surface area contributed by atoms with Gasteiger partial charge in [-0.2, -0.15) is 11.3 Å². The largest absolute Gasteiger partial charge is 0.356 e. The molecule has 1 amide bonds.